The molecule has 8 N–H and O–H groups in total. The number of amides is 3. The Morgan fingerprint density at radius 1 is 0.733 bits per heavy atom. The molecule has 0 saturated heterocycles. The first kappa shape index (κ1) is 34.3. The summed E-state index contributed by atoms with van der Waals surface area (Å²) in [4.78, 5) is 55.0. The van der Waals surface area contributed by atoms with Gasteiger partial charge in [0.2, 0.25) is 17.7 Å². The highest BCUT2D eigenvalue weighted by atomic mass is 16.5. The SMILES string of the molecule is C[C@H](CCC(=O)OCc1ccccc1)C(=O)N[C@H](Cc1ccc(-c2ccccc2)cc1)C(=O)N[C@H](CCCN=C(N)N)C(N)=O. The van der Waals surface area contributed by atoms with Crippen molar-refractivity contribution in [3.63, 3.8) is 0 Å². The molecule has 0 bridgehead atoms. The fraction of sp³-hybridized carbons (Fsp3) is 0.324. The lowest BCUT2D eigenvalue weighted by Crippen LogP contribution is -2.54. The Balaban J connectivity index is 1.66. The molecule has 0 saturated carbocycles. The van der Waals surface area contributed by atoms with Gasteiger partial charge in [-0.25, -0.2) is 0 Å². The molecule has 0 heterocycles. The van der Waals surface area contributed by atoms with E-state index in [0.29, 0.717) is 6.42 Å². The molecule has 0 aromatic heterocycles. The Kier molecular flexibility index (Phi) is 13.6. The molecule has 0 unspecified atom stereocenters. The first-order valence-electron chi connectivity index (χ1n) is 14.9. The molecule has 0 fully saturated rings. The van der Waals surface area contributed by atoms with Gasteiger partial charge in [0, 0.05) is 25.3 Å². The average molecular weight is 615 g/mol. The Hall–Kier alpha value is -5.19. The van der Waals surface area contributed by atoms with Crippen LogP contribution in [0.25, 0.3) is 11.1 Å². The highest BCUT2D eigenvalue weighted by Gasteiger charge is 2.27. The maximum absolute atomic E-state index is 13.5. The van der Waals surface area contributed by atoms with Crippen LogP contribution in [0, 0.1) is 5.92 Å². The third kappa shape index (κ3) is 12.1. The highest BCUT2D eigenvalue weighted by molar-refractivity contribution is 5.92. The van der Waals surface area contributed by atoms with Gasteiger partial charge in [-0.2, -0.15) is 0 Å². The molecule has 0 aliphatic heterocycles. The minimum absolute atomic E-state index is 0.0405. The smallest absolute Gasteiger partial charge is 0.306 e. The van der Waals surface area contributed by atoms with E-state index in [1.54, 1.807) is 6.92 Å². The number of primary amides is 1. The number of nitrogens with one attached hydrogen (secondary N) is 2. The molecule has 11 heteroatoms. The summed E-state index contributed by atoms with van der Waals surface area (Å²) in [6.07, 6.45) is 1.05. The topological polar surface area (TPSA) is 192 Å². The zero-order valence-electron chi connectivity index (χ0n) is 25.5. The molecule has 11 nitrogen and oxygen atoms in total. The number of nitrogens with two attached hydrogens (primary N) is 3. The van der Waals surface area contributed by atoms with Gasteiger partial charge in [-0.3, -0.25) is 24.2 Å². The van der Waals surface area contributed by atoms with Crippen molar-refractivity contribution in [3.05, 3.63) is 96.1 Å². The van der Waals surface area contributed by atoms with Gasteiger partial charge in [-0.1, -0.05) is 91.9 Å². The predicted octanol–water partition coefficient (Wildman–Crippen LogP) is 2.56. The number of carbonyl (C=O) groups is 4. The molecule has 0 radical (unpaired) electrons. The monoisotopic (exact) mass is 614 g/mol. The molecule has 3 amide bonds. The Labute approximate surface area is 263 Å². The van der Waals surface area contributed by atoms with Gasteiger partial charge in [-0.05, 0) is 41.5 Å². The molecule has 3 aromatic carbocycles. The second-order valence-corrected chi connectivity index (χ2v) is 10.8. The summed E-state index contributed by atoms with van der Waals surface area (Å²) in [6, 6.07) is 24.8. The van der Waals surface area contributed by atoms with Gasteiger partial charge < -0.3 is 32.6 Å². The molecule has 3 atom stereocenters. The largest absolute Gasteiger partial charge is 0.461 e. The molecule has 0 aliphatic carbocycles. The number of guanidine groups is 1. The quantitative estimate of drug-likeness (QED) is 0.0667. The van der Waals surface area contributed by atoms with E-state index < -0.39 is 41.7 Å². The van der Waals surface area contributed by atoms with E-state index in [1.165, 1.54) is 0 Å². The molecule has 0 aliphatic rings. The fourth-order valence-electron chi connectivity index (χ4n) is 4.56. The molecule has 3 rings (SSSR count). The third-order valence-electron chi connectivity index (χ3n) is 7.21. The van der Waals surface area contributed by atoms with Gasteiger partial charge in [0.05, 0.1) is 0 Å². The number of hydrogen-bond donors (Lipinski definition) is 5. The molecule has 0 spiro atoms. The average Bonchev–Trinajstić information content (AvgIpc) is 3.04. The molecular weight excluding hydrogens is 572 g/mol. The van der Waals surface area contributed by atoms with Crippen molar-refractivity contribution >= 4 is 29.7 Å². The highest BCUT2D eigenvalue weighted by Crippen LogP contribution is 2.20. The predicted molar refractivity (Wildman–Crippen MR) is 173 cm³/mol. The maximum atomic E-state index is 13.5. The lowest BCUT2D eigenvalue weighted by Gasteiger charge is -2.23. The summed E-state index contributed by atoms with van der Waals surface area (Å²) in [5, 5.41) is 5.48. The van der Waals surface area contributed by atoms with Crippen LogP contribution in [0.3, 0.4) is 0 Å². The summed E-state index contributed by atoms with van der Waals surface area (Å²) >= 11 is 0. The van der Waals surface area contributed by atoms with E-state index in [4.69, 9.17) is 21.9 Å². The lowest BCUT2D eigenvalue weighted by molar-refractivity contribution is -0.145. The van der Waals surface area contributed by atoms with Crippen LogP contribution in [0.2, 0.25) is 0 Å². The first-order valence-corrected chi connectivity index (χ1v) is 14.9. The Bertz CT molecular complexity index is 1430. The van der Waals surface area contributed by atoms with Gasteiger partial charge in [-0.15, -0.1) is 0 Å². The zero-order chi connectivity index (χ0) is 32.6. The van der Waals surface area contributed by atoms with Gasteiger partial charge in [0.25, 0.3) is 0 Å². The van der Waals surface area contributed by atoms with E-state index >= 15 is 0 Å². The number of benzene rings is 3. The minimum Gasteiger partial charge on any atom is -0.461 e. The zero-order valence-corrected chi connectivity index (χ0v) is 25.5. The normalized spacial score (nSPS) is 12.6. The van der Waals surface area contributed by atoms with E-state index in [2.05, 4.69) is 15.6 Å². The van der Waals surface area contributed by atoms with E-state index in [-0.39, 0.29) is 44.8 Å². The standard InChI is InChI=1S/C34H42N6O5/c1-23(14-19-30(41)45-22-25-9-4-2-5-10-25)32(43)40-29(33(44)39-28(31(35)42)13-8-20-38-34(36)37)21-24-15-17-27(18-16-24)26-11-6-3-7-12-26/h2-7,9-12,15-18,23,28-29H,8,13-14,19-22H2,1H3,(H2,35,42)(H,39,44)(H,40,43)(H4,36,37,38)/t23-,28-,29-/m1/s1. The summed E-state index contributed by atoms with van der Waals surface area (Å²) in [6.45, 7) is 2.10. The number of rotatable bonds is 17. The van der Waals surface area contributed by atoms with E-state index in [0.717, 1.165) is 22.3 Å². The maximum Gasteiger partial charge on any atom is 0.306 e. The van der Waals surface area contributed by atoms with Crippen LogP contribution >= 0.6 is 0 Å². The number of nitrogens with zero attached hydrogens (tertiary/aromatic N) is 1. The van der Waals surface area contributed by atoms with Crippen molar-refractivity contribution in [3.8, 4) is 11.1 Å². The first-order chi connectivity index (χ1) is 21.6. The van der Waals surface area contributed by atoms with Crippen molar-refractivity contribution < 1.29 is 23.9 Å². The van der Waals surface area contributed by atoms with Crippen molar-refractivity contribution in [2.45, 2.75) is 57.7 Å². The molecule has 238 valence electrons. The fourth-order valence-corrected chi connectivity index (χ4v) is 4.56. The van der Waals surface area contributed by atoms with Crippen LogP contribution in [0.1, 0.15) is 43.7 Å². The summed E-state index contributed by atoms with van der Waals surface area (Å²) in [7, 11) is 0. The van der Waals surface area contributed by atoms with Crippen LogP contribution in [0.5, 0.6) is 0 Å². The molecular formula is C34H42N6O5. The van der Waals surface area contributed by atoms with Crippen molar-refractivity contribution in [1.29, 1.82) is 0 Å². The molecule has 45 heavy (non-hydrogen) atoms. The number of hydrogen-bond acceptors (Lipinski definition) is 6. The number of aliphatic imine (C=N–C) groups is 1. The Morgan fingerprint density at radius 2 is 1.33 bits per heavy atom. The number of esters is 1. The van der Waals surface area contributed by atoms with Crippen LogP contribution in [-0.4, -0.2) is 48.3 Å². The van der Waals surface area contributed by atoms with Crippen LogP contribution in [-0.2, 0) is 36.9 Å². The van der Waals surface area contributed by atoms with Crippen molar-refractivity contribution in [2.75, 3.05) is 6.54 Å². The minimum atomic E-state index is -1.01. The summed E-state index contributed by atoms with van der Waals surface area (Å²) < 4.78 is 5.32. The second-order valence-electron chi connectivity index (χ2n) is 10.8. The summed E-state index contributed by atoms with van der Waals surface area (Å²) in [5.41, 5.74) is 20.0. The van der Waals surface area contributed by atoms with E-state index in [1.807, 2.05) is 84.9 Å². The van der Waals surface area contributed by atoms with E-state index in [9.17, 15) is 19.2 Å². The van der Waals surface area contributed by atoms with Gasteiger partial charge >= 0.3 is 5.97 Å². The van der Waals surface area contributed by atoms with Crippen LogP contribution in [0.4, 0.5) is 0 Å². The van der Waals surface area contributed by atoms with Gasteiger partial charge in [0.15, 0.2) is 5.96 Å². The van der Waals surface area contributed by atoms with Crippen molar-refractivity contribution in [1.82, 2.24) is 10.6 Å². The third-order valence-corrected chi connectivity index (χ3v) is 7.21. The van der Waals surface area contributed by atoms with Crippen molar-refractivity contribution in [2.24, 2.45) is 28.1 Å². The second kappa shape index (κ2) is 17.8. The number of carbonyl (C=O) groups excluding carboxylic acids is 4. The Morgan fingerprint density at radius 3 is 1.96 bits per heavy atom. The number of ether oxygens (including phenoxy) is 1. The molecule has 3 aromatic rings. The lowest BCUT2D eigenvalue weighted by atomic mass is 9.98. The van der Waals surface area contributed by atoms with Crippen LogP contribution in [0.15, 0.2) is 89.9 Å². The summed E-state index contributed by atoms with van der Waals surface area (Å²) in [5.74, 6) is -2.76. The van der Waals surface area contributed by atoms with Crippen LogP contribution < -0.4 is 27.8 Å². The van der Waals surface area contributed by atoms with Gasteiger partial charge in [0.1, 0.15) is 18.7 Å².